The lowest BCUT2D eigenvalue weighted by molar-refractivity contribution is -0.128. The van der Waals surface area contributed by atoms with Gasteiger partial charge in [0.05, 0.1) is 0 Å². The Morgan fingerprint density at radius 3 is 2.15 bits per heavy atom. The van der Waals surface area contributed by atoms with E-state index in [-0.39, 0.29) is 5.41 Å². The molecule has 20 heavy (non-hydrogen) atoms. The van der Waals surface area contributed by atoms with Crippen LogP contribution in [-0.4, -0.2) is 5.78 Å². The number of rotatable bonds is 9. The van der Waals surface area contributed by atoms with Gasteiger partial charge in [-0.05, 0) is 66.0 Å². The molecule has 0 spiro atoms. The molecule has 0 fully saturated rings. The Hall–Kier alpha value is -0.380. The molecule has 2 heteroatoms. The zero-order valence-corrected chi connectivity index (χ0v) is 15.2. The Balaban J connectivity index is 2.46. The van der Waals surface area contributed by atoms with Crippen LogP contribution in [0.15, 0.2) is 24.3 Å². The Morgan fingerprint density at radius 1 is 1.10 bits per heavy atom. The number of ketones is 1. The van der Waals surface area contributed by atoms with Gasteiger partial charge in [-0.3, -0.25) is 4.79 Å². The molecule has 0 bridgehead atoms. The van der Waals surface area contributed by atoms with E-state index in [1.807, 2.05) is 0 Å². The van der Waals surface area contributed by atoms with Crippen molar-refractivity contribution in [3.8, 4) is 0 Å². The first-order chi connectivity index (χ1) is 9.51. The van der Waals surface area contributed by atoms with Crippen molar-refractivity contribution in [2.24, 2.45) is 5.41 Å². The number of hydrogen-bond donors (Lipinski definition) is 0. The van der Waals surface area contributed by atoms with Gasteiger partial charge in [-0.2, -0.15) is 0 Å². The number of benzene rings is 1. The second kappa shape index (κ2) is 8.81. The maximum Gasteiger partial charge on any atom is 0.138 e. The molecule has 0 aliphatic heterocycles. The number of Topliss-reactive ketones (excluding diaryl/α,β-unsaturated/α-hetero) is 1. The largest absolute Gasteiger partial charge is 0.299 e. The summed E-state index contributed by atoms with van der Waals surface area (Å²) in [4.78, 5) is 12.5. The molecule has 0 saturated carbocycles. The van der Waals surface area contributed by atoms with Crippen molar-refractivity contribution >= 4 is 28.4 Å². The fourth-order valence-corrected chi connectivity index (χ4v) is 3.27. The van der Waals surface area contributed by atoms with Crippen LogP contribution in [0.4, 0.5) is 0 Å². The molecule has 0 heterocycles. The zero-order chi connectivity index (χ0) is 15.0. The molecule has 0 atom stereocenters. The van der Waals surface area contributed by atoms with Crippen LogP contribution in [0.2, 0.25) is 0 Å². The molecule has 1 rings (SSSR count). The molecule has 1 aromatic carbocycles. The summed E-state index contributed by atoms with van der Waals surface area (Å²) < 4.78 is 1.26. The van der Waals surface area contributed by atoms with Crippen LogP contribution in [0.5, 0.6) is 0 Å². The number of aryl methyl sites for hydroxylation is 1. The molecular weight excluding hydrogens is 359 g/mol. The highest BCUT2D eigenvalue weighted by molar-refractivity contribution is 14.1. The molecule has 0 unspecified atom stereocenters. The van der Waals surface area contributed by atoms with E-state index < -0.39 is 0 Å². The van der Waals surface area contributed by atoms with Gasteiger partial charge >= 0.3 is 0 Å². The van der Waals surface area contributed by atoms with E-state index >= 15 is 0 Å². The summed E-state index contributed by atoms with van der Waals surface area (Å²) in [6.07, 6.45) is 6.97. The Morgan fingerprint density at radius 2 is 1.65 bits per heavy atom. The third-order valence-electron chi connectivity index (χ3n) is 4.06. The van der Waals surface area contributed by atoms with Gasteiger partial charge in [0.1, 0.15) is 5.78 Å². The van der Waals surface area contributed by atoms with Gasteiger partial charge in [-0.25, -0.2) is 0 Å². The van der Waals surface area contributed by atoms with Crippen LogP contribution < -0.4 is 0 Å². The molecule has 1 aromatic rings. The van der Waals surface area contributed by atoms with Crippen LogP contribution in [0, 0.1) is 8.99 Å². The van der Waals surface area contributed by atoms with Gasteiger partial charge in [0, 0.05) is 15.4 Å². The number of carbonyl (C=O) groups is 1. The third-order valence-corrected chi connectivity index (χ3v) is 4.78. The summed E-state index contributed by atoms with van der Waals surface area (Å²) in [5.74, 6) is 0.465. The smallest absolute Gasteiger partial charge is 0.138 e. The highest BCUT2D eigenvalue weighted by atomic mass is 127. The lowest BCUT2D eigenvalue weighted by Gasteiger charge is -2.27. The average molecular weight is 386 g/mol. The van der Waals surface area contributed by atoms with Crippen LogP contribution in [-0.2, 0) is 11.2 Å². The van der Waals surface area contributed by atoms with E-state index in [0.717, 1.165) is 44.9 Å². The van der Waals surface area contributed by atoms with E-state index in [4.69, 9.17) is 0 Å². The molecule has 0 aliphatic carbocycles. The Bertz CT molecular complexity index is 402. The minimum Gasteiger partial charge on any atom is -0.299 e. The second-order valence-electron chi connectivity index (χ2n) is 5.96. The standard InChI is InChI=1S/C18H27IO/c1-4-13-18(3,14-5-2)17(20)8-6-7-15-9-11-16(19)12-10-15/h9-12H,4-8,13-14H2,1-3H3. The number of halogens is 1. The van der Waals surface area contributed by atoms with Crippen LogP contribution >= 0.6 is 22.6 Å². The second-order valence-corrected chi connectivity index (χ2v) is 7.21. The van der Waals surface area contributed by atoms with Crippen molar-refractivity contribution in [1.82, 2.24) is 0 Å². The summed E-state index contributed by atoms with van der Waals surface area (Å²) in [7, 11) is 0. The van der Waals surface area contributed by atoms with Crippen molar-refractivity contribution in [2.45, 2.75) is 65.7 Å². The first kappa shape index (κ1) is 17.7. The summed E-state index contributed by atoms with van der Waals surface area (Å²) in [5.41, 5.74) is 1.25. The van der Waals surface area contributed by atoms with Gasteiger partial charge in [-0.15, -0.1) is 0 Å². The number of hydrogen-bond acceptors (Lipinski definition) is 1. The molecule has 0 amide bonds. The molecule has 0 N–H and O–H groups in total. The zero-order valence-electron chi connectivity index (χ0n) is 13.0. The lowest BCUT2D eigenvalue weighted by atomic mass is 9.76. The Labute approximate surface area is 137 Å². The summed E-state index contributed by atoms with van der Waals surface area (Å²) in [5, 5.41) is 0. The maximum absolute atomic E-state index is 12.5. The van der Waals surface area contributed by atoms with Gasteiger partial charge < -0.3 is 0 Å². The normalized spacial score (nSPS) is 11.6. The summed E-state index contributed by atoms with van der Waals surface area (Å²) in [6, 6.07) is 8.61. The first-order valence-corrected chi connectivity index (χ1v) is 8.87. The maximum atomic E-state index is 12.5. The molecule has 0 saturated heterocycles. The van der Waals surface area contributed by atoms with E-state index in [2.05, 4.69) is 67.6 Å². The molecule has 0 aliphatic rings. The monoisotopic (exact) mass is 386 g/mol. The number of carbonyl (C=O) groups excluding carboxylic acids is 1. The summed E-state index contributed by atoms with van der Waals surface area (Å²) >= 11 is 2.32. The van der Waals surface area contributed by atoms with Crippen LogP contribution in [0.25, 0.3) is 0 Å². The van der Waals surface area contributed by atoms with E-state index in [0.29, 0.717) is 5.78 Å². The highest BCUT2D eigenvalue weighted by Crippen LogP contribution is 2.32. The van der Waals surface area contributed by atoms with Crippen molar-refractivity contribution in [3.63, 3.8) is 0 Å². The fraction of sp³-hybridized carbons (Fsp3) is 0.611. The predicted octanol–water partition coefficient (Wildman–Crippen LogP) is 5.79. The minimum absolute atomic E-state index is 0.0877. The highest BCUT2D eigenvalue weighted by Gasteiger charge is 2.30. The fourth-order valence-electron chi connectivity index (χ4n) is 2.91. The molecule has 1 nitrogen and oxygen atoms in total. The van der Waals surface area contributed by atoms with Crippen LogP contribution in [0.1, 0.15) is 64.9 Å². The van der Waals surface area contributed by atoms with Crippen molar-refractivity contribution in [2.75, 3.05) is 0 Å². The Kier molecular flexibility index (Phi) is 7.78. The van der Waals surface area contributed by atoms with E-state index in [1.54, 1.807) is 0 Å². The van der Waals surface area contributed by atoms with Gasteiger partial charge in [0.2, 0.25) is 0 Å². The van der Waals surface area contributed by atoms with E-state index in [1.165, 1.54) is 9.13 Å². The quantitative estimate of drug-likeness (QED) is 0.491. The molecular formula is C18H27IO. The average Bonchev–Trinajstić information content (AvgIpc) is 2.41. The van der Waals surface area contributed by atoms with Gasteiger partial charge in [0.25, 0.3) is 0 Å². The first-order valence-electron chi connectivity index (χ1n) is 7.79. The van der Waals surface area contributed by atoms with Crippen LogP contribution in [0.3, 0.4) is 0 Å². The third kappa shape index (κ3) is 5.55. The molecule has 112 valence electrons. The lowest BCUT2D eigenvalue weighted by Crippen LogP contribution is -2.27. The topological polar surface area (TPSA) is 17.1 Å². The van der Waals surface area contributed by atoms with E-state index in [9.17, 15) is 4.79 Å². The summed E-state index contributed by atoms with van der Waals surface area (Å²) in [6.45, 7) is 6.51. The van der Waals surface area contributed by atoms with Gasteiger partial charge in [0.15, 0.2) is 0 Å². The molecule has 0 aromatic heterocycles. The van der Waals surface area contributed by atoms with Gasteiger partial charge in [-0.1, -0.05) is 45.7 Å². The predicted molar refractivity (Wildman–Crippen MR) is 95.0 cm³/mol. The van der Waals surface area contributed by atoms with Crippen molar-refractivity contribution in [1.29, 1.82) is 0 Å². The molecule has 0 radical (unpaired) electrons. The van der Waals surface area contributed by atoms with Crippen molar-refractivity contribution < 1.29 is 4.79 Å². The minimum atomic E-state index is -0.0877. The SMILES string of the molecule is CCCC(C)(CCC)C(=O)CCCc1ccc(I)cc1. The van der Waals surface area contributed by atoms with Crippen molar-refractivity contribution in [3.05, 3.63) is 33.4 Å².